The molecule has 1 heterocycles. The monoisotopic (exact) mass is 182 g/mol. The standard InChI is InChI=1S/C7H10N4O2/c8-1-4-13-7-5(6(9)12)10-2-3-11-7/h2-3H,1,4,8H2,(H2,9,12). The highest BCUT2D eigenvalue weighted by Crippen LogP contribution is 2.09. The first-order chi connectivity index (χ1) is 6.25. The molecule has 0 unspecified atom stereocenters. The van der Waals surface area contributed by atoms with Crippen molar-refractivity contribution in [3.8, 4) is 5.88 Å². The molecular weight excluding hydrogens is 172 g/mol. The van der Waals surface area contributed by atoms with Crippen LogP contribution in [-0.2, 0) is 0 Å². The van der Waals surface area contributed by atoms with Gasteiger partial charge in [0.1, 0.15) is 6.61 Å². The largest absolute Gasteiger partial charge is 0.475 e. The summed E-state index contributed by atoms with van der Waals surface area (Å²) in [5, 5.41) is 0. The average molecular weight is 182 g/mol. The predicted molar refractivity (Wildman–Crippen MR) is 45.1 cm³/mol. The molecule has 0 bridgehead atoms. The highest BCUT2D eigenvalue weighted by molar-refractivity contribution is 5.92. The summed E-state index contributed by atoms with van der Waals surface area (Å²) in [6, 6.07) is 0. The van der Waals surface area contributed by atoms with E-state index in [9.17, 15) is 4.79 Å². The number of hydrogen-bond donors (Lipinski definition) is 2. The zero-order valence-electron chi connectivity index (χ0n) is 6.93. The third kappa shape index (κ3) is 2.38. The van der Waals surface area contributed by atoms with Crippen molar-refractivity contribution < 1.29 is 9.53 Å². The molecule has 1 amide bonds. The van der Waals surface area contributed by atoms with Crippen LogP contribution in [0.4, 0.5) is 0 Å². The Kier molecular flexibility index (Phi) is 3.15. The van der Waals surface area contributed by atoms with Crippen LogP contribution in [0.2, 0.25) is 0 Å². The maximum absolute atomic E-state index is 10.8. The van der Waals surface area contributed by atoms with E-state index in [4.69, 9.17) is 16.2 Å². The molecule has 0 spiro atoms. The molecule has 4 N–H and O–H groups in total. The lowest BCUT2D eigenvalue weighted by Crippen LogP contribution is -2.18. The minimum absolute atomic E-state index is 0.0240. The number of nitrogens with zero attached hydrogens (tertiary/aromatic N) is 2. The number of carbonyl (C=O) groups is 1. The van der Waals surface area contributed by atoms with Crippen molar-refractivity contribution in [1.82, 2.24) is 9.97 Å². The summed E-state index contributed by atoms with van der Waals surface area (Å²) in [5.74, 6) is -0.541. The molecule has 1 aromatic rings. The van der Waals surface area contributed by atoms with E-state index in [1.165, 1.54) is 12.4 Å². The van der Waals surface area contributed by atoms with Gasteiger partial charge in [-0.05, 0) is 0 Å². The summed E-state index contributed by atoms with van der Waals surface area (Å²) in [6.07, 6.45) is 2.79. The lowest BCUT2D eigenvalue weighted by Gasteiger charge is -2.04. The second-order valence-corrected chi connectivity index (χ2v) is 2.21. The Labute approximate surface area is 74.9 Å². The van der Waals surface area contributed by atoms with Crippen LogP contribution in [0, 0.1) is 0 Å². The second kappa shape index (κ2) is 4.36. The Morgan fingerprint density at radius 3 is 2.77 bits per heavy atom. The van der Waals surface area contributed by atoms with Crippen LogP contribution in [0.5, 0.6) is 5.88 Å². The highest BCUT2D eigenvalue weighted by Gasteiger charge is 2.10. The van der Waals surface area contributed by atoms with E-state index < -0.39 is 5.91 Å². The summed E-state index contributed by atoms with van der Waals surface area (Å²) in [6.45, 7) is 0.619. The topological polar surface area (TPSA) is 104 Å². The number of nitrogens with two attached hydrogens (primary N) is 2. The van der Waals surface area contributed by atoms with Crippen LogP contribution in [0.15, 0.2) is 12.4 Å². The SMILES string of the molecule is NCCOc1nccnc1C(N)=O. The summed E-state index contributed by atoms with van der Waals surface area (Å²) in [4.78, 5) is 18.3. The lowest BCUT2D eigenvalue weighted by molar-refractivity contribution is 0.0990. The molecular formula is C7H10N4O2. The van der Waals surface area contributed by atoms with Gasteiger partial charge in [0.25, 0.3) is 5.91 Å². The van der Waals surface area contributed by atoms with Crippen LogP contribution < -0.4 is 16.2 Å². The van der Waals surface area contributed by atoms with Gasteiger partial charge in [-0.1, -0.05) is 0 Å². The van der Waals surface area contributed by atoms with Crippen LogP contribution in [0.3, 0.4) is 0 Å². The van der Waals surface area contributed by atoms with Gasteiger partial charge in [0.15, 0.2) is 5.69 Å². The fourth-order valence-corrected chi connectivity index (χ4v) is 0.756. The number of primary amides is 1. The Morgan fingerprint density at radius 2 is 2.15 bits per heavy atom. The molecule has 0 saturated heterocycles. The Balaban J connectivity index is 2.84. The maximum atomic E-state index is 10.8. The Bertz CT molecular complexity index is 302. The summed E-state index contributed by atoms with van der Waals surface area (Å²) in [5.41, 5.74) is 10.3. The van der Waals surface area contributed by atoms with E-state index >= 15 is 0 Å². The molecule has 0 saturated carbocycles. The van der Waals surface area contributed by atoms with Gasteiger partial charge in [-0.25, -0.2) is 9.97 Å². The Hall–Kier alpha value is -1.69. The van der Waals surface area contributed by atoms with Gasteiger partial charge < -0.3 is 16.2 Å². The van der Waals surface area contributed by atoms with Crippen molar-refractivity contribution >= 4 is 5.91 Å². The van der Waals surface area contributed by atoms with Gasteiger partial charge in [0, 0.05) is 18.9 Å². The average Bonchev–Trinajstić information content (AvgIpc) is 2.15. The van der Waals surface area contributed by atoms with Gasteiger partial charge >= 0.3 is 0 Å². The fourth-order valence-electron chi connectivity index (χ4n) is 0.756. The normalized spacial score (nSPS) is 9.62. The molecule has 13 heavy (non-hydrogen) atoms. The first-order valence-corrected chi connectivity index (χ1v) is 3.69. The van der Waals surface area contributed by atoms with Crippen LogP contribution in [-0.4, -0.2) is 29.0 Å². The molecule has 0 aliphatic rings. The number of amides is 1. The smallest absolute Gasteiger partial charge is 0.272 e. The predicted octanol–water partition coefficient (Wildman–Crippen LogP) is -1.09. The van der Waals surface area contributed by atoms with Gasteiger partial charge in [0.2, 0.25) is 5.88 Å². The van der Waals surface area contributed by atoms with Gasteiger partial charge in [-0.15, -0.1) is 0 Å². The zero-order valence-corrected chi connectivity index (χ0v) is 6.93. The molecule has 70 valence electrons. The van der Waals surface area contributed by atoms with Crippen molar-refractivity contribution in [2.45, 2.75) is 0 Å². The third-order valence-electron chi connectivity index (χ3n) is 1.25. The number of hydrogen-bond acceptors (Lipinski definition) is 5. The lowest BCUT2D eigenvalue weighted by atomic mass is 10.4. The highest BCUT2D eigenvalue weighted by atomic mass is 16.5. The first-order valence-electron chi connectivity index (χ1n) is 3.69. The van der Waals surface area contributed by atoms with Crippen LogP contribution >= 0.6 is 0 Å². The Morgan fingerprint density at radius 1 is 1.46 bits per heavy atom. The van der Waals surface area contributed by atoms with Crippen molar-refractivity contribution in [3.63, 3.8) is 0 Å². The molecule has 6 heteroatoms. The van der Waals surface area contributed by atoms with Crippen LogP contribution in [0.25, 0.3) is 0 Å². The van der Waals surface area contributed by atoms with Gasteiger partial charge in [0.05, 0.1) is 0 Å². The second-order valence-electron chi connectivity index (χ2n) is 2.21. The molecule has 1 aromatic heterocycles. The number of rotatable bonds is 4. The number of carbonyl (C=O) groups excluding carboxylic acids is 1. The molecule has 0 atom stereocenters. The van der Waals surface area contributed by atoms with E-state index in [1.54, 1.807) is 0 Å². The molecule has 1 rings (SSSR count). The van der Waals surface area contributed by atoms with Crippen molar-refractivity contribution in [2.75, 3.05) is 13.2 Å². The first kappa shape index (κ1) is 9.40. The maximum Gasteiger partial charge on any atom is 0.272 e. The number of ether oxygens (including phenoxy) is 1. The molecule has 0 fully saturated rings. The van der Waals surface area contributed by atoms with E-state index in [0.717, 1.165) is 0 Å². The quantitative estimate of drug-likeness (QED) is 0.615. The van der Waals surface area contributed by atoms with Crippen molar-refractivity contribution in [3.05, 3.63) is 18.1 Å². The molecule has 0 aromatic carbocycles. The third-order valence-corrected chi connectivity index (χ3v) is 1.25. The van der Waals surface area contributed by atoms with Gasteiger partial charge in [-0.3, -0.25) is 4.79 Å². The summed E-state index contributed by atoms with van der Waals surface area (Å²) in [7, 11) is 0. The van der Waals surface area contributed by atoms with Crippen molar-refractivity contribution in [2.24, 2.45) is 11.5 Å². The van der Waals surface area contributed by atoms with E-state index in [0.29, 0.717) is 6.54 Å². The van der Waals surface area contributed by atoms with Gasteiger partial charge in [-0.2, -0.15) is 0 Å². The zero-order chi connectivity index (χ0) is 9.68. The van der Waals surface area contributed by atoms with Crippen molar-refractivity contribution in [1.29, 1.82) is 0 Å². The summed E-state index contributed by atoms with van der Waals surface area (Å²) < 4.78 is 5.05. The number of aromatic nitrogens is 2. The molecule has 0 aliphatic heterocycles. The fraction of sp³-hybridized carbons (Fsp3) is 0.286. The van der Waals surface area contributed by atoms with E-state index in [1.807, 2.05) is 0 Å². The van der Waals surface area contributed by atoms with E-state index in [-0.39, 0.29) is 18.2 Å². The van der Waals surface area contributed by atoms with E-state index in [2.05, 4.69) is 9.97 Å². The molecule has 6 nitrogen and oxygen atoms in total. The minimum atomic E-state index is -0.667. The van der Waals surface area contributed by atoms with Crippen LogP contribution in [0.1, 0.15) is 10.5 Å². The summed E-state index contributed by atoms with van der Waals surface area (Å²) >= 11 is 0. The minimum Gasteiger partial charge on any atom is -0.475 e. The molecule has 0 radical (unpaired) electrons. The molecule has 0 aliphatic carbocycles.